The maximum Gasteiger partial charge on any atom is 0.224 e. The van der Waals surface area contributed by atoms with E-state index in [1.165, 1.54) is 5.56 Å². The Morgan fingerprint density at radius 3 is 2.42 bits per heavy atom. The number of nitrogens with zero attached hydrogens (tertiary/aromatic N) is 4. The largest absolute Gasteiger partial charge is 0.390 e. The molecule has 0 unspecified atom stereocenters. The fourth-order valence-electron chi connectivity index (χ4n) is 6.84. The van der Waals surface area contributed by atoms with Gasteiger partial charge in [0.05, 0.1) is 39.4 Å². The Balaban J connectivity index is 1.17. The van der Waals surface area contributed by atoms with Crippen molar-refractivity contribution in [2.75, 3.05) is 17.2 Å². The van der Waals surface area contributed by atoms with E-state index in [0.717, 1.165) is 64.4 Å². The van der Waals surface area contributed by atoms with Crippen LogP contribution in [0.25, 0.3) is 20.8 Å². The number of aliphatic hydroxyl groups excluding tert-OH is 2. The van der Waals surface area contributed by atoms with Crippen LogP contribution in [0.4, 0.5) is 11.8 Å². The fourth-order valence-corrected chi connectivity index (χ4v) is 7.91. The number of aryl methyl sites for hydroxylation is 1. The molecule has 0 aliphatic heterocycles. The van der Waals surface area contributed by atoms with Gasteiger partial charge in [0.15, 0.2) is 0 Å². The molecule has 0 spiro atoms. The van der Waals surface area contributed by atoms with Crippen LogP contribution in [0, 0.1) is 18.8 Å². The first-order valence-electron chi connectivity index (χ1n) is 15.4. The van der Waals surface area contributed by atoms with E-state index in [-0.39, 0.29) is 0 Å². The van der Waals surface area contributed by atoms with E-state index in [1.54, 1.807) is 25.2 Å². The van der Waals surface area contributed by atoms with E-state index < -0.39 is 29.8 Å². The molecular formula is C33H40N6O3S. The topological polar surface area (TPSA) is 136 Å². The molecule has 10 heteroatoms. The summed E-state index contributed by atoms with van der Waals surface area (Å²) in [7, 11) is 0. The number of hydrogen-bond donors (Lipinski definition) is 5. The average molecular weight is 601 g/mol. The Kier molecular flexibility index (Phi) is 7.36. The van der Waals surface area contributed by atoms with Crippen LogP contribution in [0.5, 0.6) is 0 Å². The molecule has 7 rings (SSSR count). The first-order valence-corrected chi connectivity index (χ1v) is 16.3. The van der Waals surface area contributed by atoms with Crippen molar-refractivity contribution in [3.8, 4) is 10.6 Å². The van der Waals surface area contributed by atoms with Crippen molar-refractivity contribution in [2.45, 2.75) is 88.6 Å². The van der Waals surface area contributed by atoms with Crippen molar-refractivity contribution in [3.63, 3.8) is 0 Å². The van der Waals surface area contributed by atoms with Gasteiger partial charge >= 0.3 is 0 Å². The van der Waals surface area contributed by atoms with Gasteiger partial charge < -0.3 is 26.0 Å². The molecular weight excluding hydrogens is 560 g/mol. The highest BCUT2D eigenvalue weighted by Gasteiger charge is 2.48. The van der Waals surface area contributed by atoms with Gasteiger partial charge in [-0.1, -0.05) is 30.3 Å². The second-order valence-corrected chi connectivity index (χ2v) is 14.3. The van der Waals surface area contributed by atoms with Gasteiger partial charge in [0.25, 0.3) is 0 Å². The van der Waals surface area contributed by atoms with Gasteiger partial charge in [-0.25, -0.2) is 9.97 Å². The molecule has 0 saturated heterocycles. The lowest BCUT2D eigenvalue weighted by molar-refractivity contribution is -0.0601. The third-order valence-electron chi connectivity index (χ3n) is 9.57. The molecule has 5 N–H and O–H groups in total. The number of aliphatic hydroxyl groups is 3. The Morgan fingerprint density at radius 1 is 0.953 bits per heavy atom. The summed E-state index contributed by atoms with van der Waals surface area (Å²) < 4.78 is 1.08. The molecule has 3 aliphatic carbocycles. The van der Waals surface area contributed by atoms with Crippen molar-refractivity contribution in [2.24, 2.45) is 11.8 Å². The predicted molar refractivity (Wildman–Crippen MR) is 169 cm³/mol. The summed E-state index contributed by atoms with van der Waals surface area (Å²) in [6, 6.07) is 12.2. The molecule has 0 amide bonds. The highest BCUT2D eigenvalue weighted by atomic mass is 32.1. The molecule has 3 fully saturated rings. The Morgan fingerprint density at radius 2 is 1.72 bits per heavy atom. The number of hydrogen-bond acceptors (Lipinski definition) is 10. The average Bonchev–Trinajstić information content (AvgIpc) is 3.64. The van der Waals surface area contributed by atoms with E-state index in [2.05, 4.69) is 45.9 Å². The molecule has 43 heavy (non-hydrogen) atoms. The van der Waals surface area contributed by atoms with Crippen LogP contribution in [-0.4, -0.2) is 65.7 Å². The monoisotopic (exact) mass is 600 g/mol. The van der Waals surface area contributed by atoms with E-state index in [9.17, 15) is 15.3 Å². The molecule has 0 bridgehead atoms. The van der Waals surface area contributed by atoms with Crippen molar-refractivity contribution < 1.29 is 15.3 Å². The zero-order chi connectivity index (χ0) is 29.9. The summed E-state index contributed by atoms with van der Waals surface area (Å²) in [4.78, 5) is 19.5. The van der Waals surface area contributed by atoms with E-state index in [0.29, 0.717) is 35.9 Å². The zero-order valence-corrected chi connectivity index (χ0v) is 25.7. The summed E-state index contributed by atoms with van der Waals surface area (Å²) in [5.74, 6) is 2.24. The SMILES string of the molecule is Cc1nc(NCC2CC(c3ccccc3)C2)nc(N[C@@H]2C[C@H](C(C)(C)O)[C@@H](O)[C@H]2O)c1-c1nc2c(C3CC3)nccc2s1. The van der Waals surface area contributed by atoms with Gasteiger partial charge in [-0.3, -0.25) is 4.98 Å². The van der Waals surface area contributed by atoms with Crippen LogP contribution in [-0.2, 0) is 0 Å². The van der Waals surface area contributed by atoms with Gasteiger partial charge in [-0.2, -0.15) is 4.98 Å². The normalized spacial score (nSPS) is 27.3. The zero-order valence-electron chi connectivity index (χ0n) is 24.9. The second kappa shape index (κ2) is 11.1. The number of thiazole rings is 1. The standard InChI is InChI=1S/C33H40N6O3S/c1-17-25(31-38-27-24(43-31)11-12-34-26(27)20-9-10-20)30(37-23-15-22(33(2,3)42)28(40)29(23)41)39-32(36-17)35-16-18-13-21(14-18)19-7-5-4-6-8-19/h4-8,11-12,18,20-23,28-29,40-42H,9-10,13-16H2,1-3H3,(H2,35,36,37,39)/t18?,21?,22-,23+,28+,29-/m0/s1. The number of fused-ring (bicyclic) bond motifs is 1. The number of nitrogens with one attached hydrogen (secondary N) is 2. The molecule has 9 nitrogen and oxygen atoms in total. The Bertz CT molecular complexity index is 1610. The lowest BCUT2D eigenvalue weighted by Crippen LogP contribution is -2.40. The summed E-state index contributed by atoms with van der Waals surface area (Å²) >= 11 is 1.59. The van der Waals surface area contributed by atoms with Gasteiger partial charge in [0.2, 0.25) is 5.95 Å². The van der Waals surface area contributed by atoms with Gasteiger partial charge in [0.1, 0.15) is 22.4 Å². The molecule has 4 aromatic rings. The molecule has 3 aliphatic rings. The van der Waals surface area contributed by atoms with Gasteiger partial charge in [0, 0.05) is 24.6 Å². The van der Waals surface area contributed by atoms with Gasteiger partial charge in [-0.05, 0) is 76.3 Å². The fraction of sp³-hybridized carbons (Fsp3) is 0.515. The Labute approximate surface area is 255 Å². The van der Waals surface area contributed by atoms with Crippen LogP contribution in [0.1, 0.15) is 74.7 Å². The second-order valence-electron chi connectivity index (χ2n) is 13.2. The lowest BCUT2D eigenvalue weighted by atomic mass is 9.71. The highest BCUT2D eigenvalue weighted by Crippen LogP contribution is 2.45. The molecule has 4 atom stereocenters. The first-order chi connectivity index (χ1) is 20.7. The highest BCUT2D eigenvalue weighted by molar-refractivity contribution is 7.21. The minimum absolute atomic E-state index is 0.398. The number of rotatable bonds is 9. The summed E-state index contributed by atoms with van der Waals surface area (Å²) in [5, 5.41) is 40.2. The van der Waals surface area contributed by atoms with Crippen molar-refractivity contribution in [1.29, 1.82) is 0 Å². The number of benzene rings is 1. The van der Waals surface area contributed by atoms with Crippen LogP contribution in [0.2, 0.25) is 0 Å². The van der Waals surface area contributed by atoms with Crippen molar-refractivity contribution in [1.82, 2.24) is 19.9 Å². The minimum atomic E-state index is -1.13. The quantitative estimate of drug-likeness (QED) is 0.175. The minimum Gasteiger partial charge on any atom is -0.390 e. The number of aromatic nitrogens is 4. The summed E-state index contributed by atoms with van der Waals surface area (Å²) in [6.45, 7) is 6.10. The molecule has 1 aromatic carbocycles. The van der Waals surface area contributed by atoms with Crippen LogP contribution in [0.15, 0.2) is 42.6 Å². The third-order valence-corrected chi connectivity index (χ3v) is 10.6. The molecule has 226 valence electrons. The molecule has 3 heterocycles. The predicted octanol–water partition coefficient (Wildman–Crippen LogP) is 5.23. The number of pyridine rings is 1. The third kappa shape index (κ3) is 5.61. The maximum absolute atomic E-state index is 11.0. The maximum atomic E-state index is 11.0. The molecule has 0 radical (unpaired) electrons. The van der Waals surface area contributed by atoms with Gasteiger partial charge in [-0.15, -0.1) is 11.3 Å². The van der Waals surface area contributed by atoms with Crippen molar-refractivity contribution >= 4 is 33.3 Å². The summed E-state index contributed by atoms with van der Waals surface area (Å²) in [5.41, 5.74) is 3.84. The van der Waals surface area contributed by atoms with Crippen LogP contribution >= 0.6 is 11.3 Å². The molecule has 3 saturated carbocycles. The van der Waals surface area contributed by atoms with Crippen molar-refractivity contribution in [3.05, 3.63) is 59.5 Å². The van der Waals surface area contributed by atoms with Crippen LogP contribution in [0.3, 0.4) is 0 Å². The Hall–Kier alpha value is -3.18. The van der Waals surface area contributed by atoms with Crippen LogP contribution < -0.4 is 10.6 Å². The number of anilines is 2. The van der Waals surface area contributed by atoms with E-state index in [1.807, 2.05) is 19.2 Å². The van der Waals surface area contributed by atoms with E-state index >= 15 is 0 Å². The molecule has 3 aromatic heterocycles. The smallest absolute Gasteiger partial charge is 0.224 e. The summed E-state index contributed by atoms with van der Waals surface area (Å²) in [6.07, 6.45) is 4.71. The first kappa shape index (κ1) is 28.6. The lowest BCUT2D eigenvalue weighted by Gasteiger charge is -2.35. The van der Waals surface area contributed by atoms with E-state index in [4.69, 9.17) is 15.0 Å².